The van der Waals surface area contributed by atoms with Gasteiger partial charge in [0.05, 0.1) is 17.4 Å². The highest BCUT2D eigenvalue weighted by molar-refractivity contribution is 6.31. The molecule has 1 fully saturated rings. The minimum atomic E-state index is -0.212. The molecule has 3 aromatic carbocycles. The summed E-state index contributed by atoms with van der Waals surface area (Å²) in [6.07, 6.45) is 1.49. The third kappa shape index (κ3) is 5.39. The van der Waals surface area contributed by atoms with Crippen LogP contribution in [0.4, 0.5) is 0 Å². The van der Waals surface area contributed by atoms with Gasteiger partial charge in [0, 0.05) is 23.4 Å². The summed E-state index contributed by atoms with van der Waals surface area (Å²) in [4.78, 5) is 32.4. The van der Waals surface area contributed by atoms with E-state index in [1.165, 1.54) is 5.56 Å². The van der Waals surface area contributed by atoms with Crippen LogP contribution >= 0.6 is 11.6 Å². The van der Waals surface area contributed by atoms with Gasteiger partial charge in [-0.2, -0.15) is 0 Å². The average Bonchev–Trinajstić information content (AvgIpc) is 2.89. The third-order valence-corrected chi connectivity index (χ3v) is 8.05. The van der Waals surface area contributed by atoms with Gasteiger partial charge in [0.1, 0.15) is 5.82 Å². The van der Waals surface area contributed by atoms with Crippen LogP contribution in [0.5, 0.6) is 0 Å². The Labute approximate surface area is 228 Å². The molecule has 38 heavy (non-hydrogen) atoms. The SMILES string of the molecule is Cc1ccc(CC2C(=O)NCCC2C(c2nc3cc(Cl)ccc3c(=O)n2Cc2ccccc2)C(C)C)cc1. The molecule has 0 aliphatic carbocycles. The van der Waals surface area contributed by atoms with Gasteiger partial charge in [-0.3, -0.25) is 14.2 Å². The molecule has 3 unspecified atom stereocenters. The second-order valence-corrected chi connectivity index (χ2v) is 11.3. The smallest absolute Gasteiger partial charge is 0.261 e. The lowest BCUT2D eigenvalue weighted by Gasteiger charge is -2.39. The number of nitrogens with zero attached hydrogens (tertiary/aromatic N) is 2. The zero-order valence-corrected chi connectivity index (χ0v) is 22.9. The first kappa shape index (κ1) is 26.2. The summed E-state index contributed by atoms with van der Waals surface area (Å²) in [5, 5.41) is 4.19. The van der Waals surface area contributed by atoms with E-state index in [0.29, 0.717) is 35.4 Å². The predicted octanol–water partition coefficient (Wildman–Crippen LogP) is 6.14. The van der Waals surface area contributed by atoms with Crippen LogP contribution in [0.15, 0.2) is 77.6 Å². The van der Waals surface area contributed by atoms with E-state index in [9.17, 15) is 9.59 Å². The Bertz CT molecular complexity index is 1500. The van der Waals surface area contributed by atoms with Crippen molar-refractivity contribution in [1.82, 2.24) is 14.9 Å². The van der Waals surface area contributed by atoms with Gasteiger partial charge in [0.25, 0.3) is 5.56 Å². The largest absolute Gasteiger partial charge is 0.356 e. The van der Waals surface area contributed by atoms with Crippen LogP contribution in [-0.2, 0) is 17.8 Å². The van der Waals surface area contributed by atoms with E-state index in [4.69, 9.17) is 16.6 Å². The number of carbonyl (C=O) groups is 1. The number of piperidine rings is 1. The summed E-state index contributed by atoms with van der Waals surface area (Å²) in [7, 11) is 0. The standard InChI is InChI=1S/C32H34ClN3O2/c1-20(2)29(25-15-16-34-31(37)27(25)17-22-11-9-21(3)10-12-22)30-35-28-18-24(33)13-14-26(28)32(38)36(30)19-23-7-5-4-6-8-23/h4-14,18,20,25,27,29H,15-17,19H2,1-3H3,(H,34,37). The van der Waals surface area contributed by atoms with Gasteiger partial charge in [-0.25, -0.2) is 4.98 Å². The van der Waals surface area contributed by atoms with Crippen molar-refractivity contribution in [3.8, 4) is 0 Å². The molecule has 3 atom stereocenters. The molecule has 0 saturated carbocycles. The van der Waals surface area contributed by atoms with E-state index in [0.717, 1.165) is 23.4 Å². The van der Waals surface area contributed by atoms with Crippen molar-refractivity contribution >= 4 is 28.4 Å². The van der Waals surface area contributed by atoms with Gasteiger partial charge in [0.15, 0.2) is 0 Å². The van der Waals surface area contributed by atoms with E-state index in [2.05, 4.69) is 50.4 Å². The first-order chi connectivity index (χ1) is 18.3. The lowest BCUT2D eigenvalue weighted by atomic mass is 9.70. The number of carbonyl (C=O) groups excluding carboxylic acids is 1. The Balaban J connectivity index is 1.65. The number of amides is 1. The highest BCUT2D eigenvalue weighted by atomic mass is 35.5. The van der Waals surface area contributed by atoms with E-state index < -0.39 is 0 Å². The van der Waals surface area contributed by atoms with Crippen LogP contribution in [0.2, 0.25) is 5.02 Å². The van der Waals surface area contributed by atoms with E-state index >= 15 is 0 Å². The number of hydrogen-bond acceptors (Lipinski definition) is 3. The normalized spacial score (nSPS) is 18.5. The molecule has 1 N–H and O–H groups in total. The molecule has 1 aromatic heterocycles. The Hall–Kier alpha value is -3.44. The lowest BCUT2D eigenvalue weighted by molar-refractivity contribution is -0.129. The summed E-state index contributed by atoms with van der Waals surface area (Å²) in [6, 6.07) is 23.7. The fourth-order valence-electron chi connectivity index (χ4n) is 5.91. The highest BCUT2D eigenvalue weighted by Gasteiger charge is 2.41. The Kier molecular flexibility index (Phi) is 7.66. The molecule has 5 rings (SSSR count). The molecule has 1 aliphatic rings. The lowest BCUT2D eigenvalue weighted by Crippen LogP contribution is -2.47. The van der Waals surface area contributed by atoms with Crippen LogP contribution in [0.1, 0.15) is 48.7 Å². The van der Waals surface area contributed by atoms with Gasteiger partial charge in [-0.15, -0.1) is 0 Å². The Morgan fingerprint density at radius 2 is 1.74 bits per heavy atom. The molecule has 0 bridgehead atoms. The molecular weight excluding hydrogens is 494 g/mol. The zero-order valence-electron chi connectivity index (χ0n) is 22.2. The fraction of sp³-hybridized carbons (Fsp3) is 0.344. The fourth-order valence-corrected chi connectivity index (χ4v) is 6.08. The van der Waals surface area contributed by atoms with Crippen molar-refractivity contribution in [2.24, 2.45) is 17.8 Å². The molecule has 0 spiro atoms. The molecule has 0 radical (unpaired) electrons. The van der Waals surface area contributed by atoms with Crippen LogP contribution < -0.4 is 10.9 Å². The van der Waals surface area contributed by atoms with Gasteiger partial charge >= 0.3 is 0 Å². The minimum absolute atomic E-state index is 0.0376. The van der Waals surface area contributed by atoms with Crippen molar-refractivity contribution in [1.29, 1.82) is 0 Å². The first-order valence-electron chi connectivity index (χ1n) is 13.4. The summed E-state index contributed by atoms with van der Waals surface area (Å²) in [5.41, 5.74) is 3.90. The van der Waals surface area contributed by atoms with Crippen molar-refractivity contribution in [2.75, 3.05) is 6.54 Å². The second-order valence-electron chi connectivity index (χ2n) is 10.8. The topological polar surface area (TPSA) is 64.0 Å². The molecule has 1 amide bonds. The summed E-state index contributed by atoms with van der Waals surface area (Å²) < 4.78 is 1.83. The Morgan fingerprint density at radius 1 is 1.00 bits per heavy atom. The molecule has 2 heterocycles. The molecular formula is C32H34ClN3O2. The van der Waals surface area contributed by atoms with Crippen LogP contribution in [0, 0.1) is 24.7 Å². The van der Waals surface area contributed by atoms with Crippen molar-refractivity contribution in [3.63, 3.8) is 0 Å². The molecule has 1 aliphatic heterocycles. The number of fused-ring (bicyclic) bond motifs is 1. The molecule has 4 aromatic rings. The average molecular weight is 528 g/mol. The Morgan fingerprint density at radius 3 is 2.45 bits per heavy atom. The molecule has 196 valence electrons. The van der Waals surface area contributed by atoms with Gasteiger partial charge in [-0.05, 0) is 60.9 Å². The van der Waals surface area contributed by atoms with Gasteiger partial charge in [-0.1, -0.05) is 85.6 Å². The van der Waals surface area contributed by atoms with Crippen molar-refractivity contribution in [3.05, 3.63) is 111 Å². The number of nitrogens with one attached hydrogen (secondary N) is 1. The maximum Gasteiger partial charge on any atom is 0.261 e. The van der Waals surface area contributed by atoms with E-state index in [1.807, 2.05) is 34.9 Å². The number of benzene rings is 3. The van der Waals surface area contributed by atoms with Crippen LogP contribution in [0.25, 0.3) is 10.9 Å². The molecule has 1 saturated heterocycles. The van der Waals surface area contributed by atoms with Crippen LogP contribution in [-0.4, -0.2) is 22.0 Å². The minimum Gasteiger partial charge on any atom is -0.356 e. The zero-order chi connectivity index (χ0) is 26.8. The van der Waals surface area contributed by atoms with Gasteiger partial charge in [0.2, 0.25) is 5.91 Å². The first-order valence-corrected chi connectivity index (χ1v) is 13.8. The number of aromatic nitrogens is 2. The molecule has 6 heteroatoms. The van der Waals surface area contributed by atoms with Crippen molar-refractivity contribution in [2.45, 2.75) is 46.1 Å². The maximum atomic E-state index is 13.9. The molecule has 5 nitrogen and oxygen atoms in total. The predicted molar refractivity (Wildman–Crippen MR) is 154 cm³/mol. The second kappa shape index (κ2) is 11.1. The van der Waals surface area contributed by atoms with Crippen LogP contribution in [0.3, 0.4) is 0 Å². The summed E-state index contributed by atoms with van der Waals surface area (Å²) in [6.45, 7) is 7.45. The number of hydrogen-bond donors (Lipinski definition) is 1. The number of rotatable bonds is 7. The van der Waals surface area contributed by atoms with E-state index in [-0.39, 0.29) is 35.1 Å². The quantitative estimate of drug-likeness (QED) is 0.314. The third-order valence-electron chi connectivity index (χ3n) is 7.81. The maximum absolute atomic E-state index is 13.9. The highest BCUT2D eigenvalue weighted by Crippen LogP contribution is 2.41. The summed E-state index contributed by atoms with van der Waals surface area (Å²) >= 11 is 6.33. The number of aryl methyl sites for hydroxylation is 1. The van der Waals surface area contributed by atoms with Crippen molar-refractivity contribution < 1.29 is 4.79 Å². The monoisotopic (exact) mass is 527 g/mol. The number of halogens is 1. The van der Waals surface area contributed by atoms with Gasteiger partial charge < -0.3 is 5.32 Å². The summed E-state index contributed by atoms with van der Waals surface area (Å²) in [5.74, 6) is 0.713. The van der Waals surface area contributed by atoms with E-state index in [1.54, 1.807) is 18.2 Å².